The predicted molar refractivity (Wildman–Crippen MR) is 475 cm³/mol. The third-order valence-corrected chi connectivity index (χ3v) is 21.1. The summed E-state index contributed by atoms with van der Waals surface area (Å²) in [7, 11) is 1.59. The number of fused-ring (bicyclic) bond motifs is 1. The van der Waals surface area contributed by atoms with Crippen LogP contribution in [0.4, 0.5) is 11.4 Å². The molecule has 0 spiro atoms. The number of nitrogens with one attached hydrogen (secondary N) is 12. The highest BCUT2D eigenvalue weighted by atomic mass is 32.2. The molecule has 46 heteroatoms. The van der Waals surface area contributed by atoms with Gasteiger partial charge in [-0.1, -0.05) is 112 Å². The number of nitro groups is 1. The molecule has 0 aliphatic carbocycles. The standard InChI is InChI=1S/C81H135N25O20S/c1-12-48(10)65(102-74(116)56(38-46(6)7)95-68(110)50(84)24-16-18-30-82)77(119)91-40-62(108)101-64(47(8)9)78(120)98-55(37-45(4)5)72(114)100-59(42-127-43-63(109)125-35-34-105(11)60-28-29-61(106(123)124)67-66(60)103-126-104-67)76(118)99-58(41-107)75(117)96-54(36-44(2)3)71(113)97-57(39-49-22-14-13-15-23-49)73(115)93-51(26-20-32-89-80(85)86)69(111)92-52(27-21-33-90-81(87)88)70(112)94-53(79(121)122)25-17-19-31-83/h13-15,22-23,28-29,44-48,50-59,64-65,107H,12,16-21,24-27,30-43,82-84H2,1-11H3,(H,91,119)(H,92,111)(H,93,115)(H,94,112)(H,95,110)(H,96,117)(H,97,113)(H,98,120)(H,99,118)(H,100,114)(H,101,108)(H,102,116)(H,121,122)(H4,85,86,89)(H4,87,88,90)/t48-,50-,51-,52-,53-,54-,55-,56-,57-,58-,59-,64-,65-/m0/s1. The molecular weight excluding hydrogens is 1680 g/mol. The number of carbonyl (C=O) groups excluding carboxylic acids is 13. The zero-order chi connectivity index (χ0) is 95.2. The fraction of sp³-hybridized carbons (Fsp3) is 0.654. The largest absolute Gasteiger partial charge is 0.480 e. The van der Waals surface area contributed by atoms with E-state index in [1.165, 1.54) is 12.1 Å². The summed E-state index contributed by atoms with van der Waals surface area (Å²) < 4.78 is 10.3. The molecule has 1 aromatic heterocycles. The Morgan fingerprint density at radius 1 is 0.535 bits per heavy atom. The molecule has 0 fully saturated rings. The molecule has 710 valence electrons. The normalized spacial score (nSPS) is 14.4. The van der Waals surface area contributed by atoms with Crippen LogP contribution in [0.15, 0.2) is 57.1 Å². The van der Waals surface area contributed by atoms with Gasteiger partial charge in [0.15, 0.2) is 17.4 Å². The Kier molecular flexibility index (Phi) is 49.9. The number of nitro benzene ring substituents is 1. The van der Waals surface area contributed by atoms with Gasteiger partial charge in [-0.15, -0.1) is 11.8 Å². The van der Waals surface area contributed by atoms with Gasteiger partial charge >= 0.3 is 17.6 Å². The van der Waals surface area contributed by atoms with E-state index in [-0.39, 0.29) is 131 Å². The fourth-order valence-electron chi connectivity index (χ4n) is 12.9. The van der Waals surface area contributed by atoms with Crippen molar-refractivity contribution < 1.29 is 91.6 Å². The van der Waals surface area contributed by atoms with Crippen molar-refractivity contribution in [2.24, 2.45) is 79.7 Å². The number of ether oxygens (including phenoxy) is 1. The molecule has 28 N–H and O–H groups in total. The number of guanidine groups is 2. The molecule has 3 rings (SSSR count). The van der Waals surface area contributed by atoms with E-state index < -0.39 is 203 Å². The predicted octanol–water partition coefficient (Wildman–Crippen LogP) is -2.85. The van der Waals surface area contributed by atoms with E-state index >= 15 is 0 Å². The summed E-state index contributed by atoms with van der Waals surface area (Å²) in [5.41, 5.74) is 40.1. The molecule has 2 aromatic carbocycles. The number of benzene rings is 2. The number of carboxylic acid groups (broad SMARTS) is 1. The highest BCUT2D eigenvalue weighted by molar-refractivity contribution is 8.00. The van der Waals surface area contributed by atoms with Crippen molar-refractivity contribution in [2.75, 3.05) is 75.9 Å². The Hall–Kier alpha value is -11.6. The first-order valence-corrected chi connectivity index (χ1v) is 43.8. The second-order valence-corrected chi connectivity index (χ2v) is 33.6. The van der Waals surface area contributed by atoms with Crippen molar-refractivity contribution in [3.8, 4) is 0 Å². The van der Waals surface area contributed by atoms with Crippen LogP contribution < -0.4 is 109 Å². The van der Waals surface area contributed by atoms with Crippen molar-refractivity contribution in [3.63, 3.8) is 0 Å². The number of unbranched alkanes of at least 4 members (excludes halogenated alkanes) is 2. The molecule has 0 unspecified atom stereocenters. The number of nitrogens with two attached hydrogens (primary N) is 7. The van der Waals surface area contributed by atoms with Crippen molar-refractivity contribution in [2.45, 2.75) is 238 Å². The lowest BCUT2D eigenvalue weighted by Gasteiger charge is -2.29. The van der Waals surface area contributed by atoms with Crippen LogP contribution in [0.3, 0.4) is 0 Å². The number of aliphatic carboxylic acids is 1. The number of hydrogen-bond donors (Lipinski definition) is 21. The van der Waals surface area contributed by atoms with Gasteiger partial charge < -0.3 is 124 Å². The van der Waals surface area contributed by atoms with Crippen LogP contribution in [0.5, 0.6) is 0 Å². The van der Waals surface area contributed by atoms with Crippen molar-refractivity contribution in [3.05, 3.63) is 58.1 Å². The molecule has 0 aliphatic rings. The number of amides is 12. The zero-order valence-electron chi connectivity index (χ0n) is 74.4. The Bertz CT molecular complexity index is 4130. The first-order chi connectivity index (χ1) is 60.0. The molecule has 0 aliphatic heterocycles. The van der Waals surface area contributed by atoms with E-state index in [1.54, 1.807) is 97.7 Å². The maximum atomic E-state index is 14.9. The number of hydrogen-bond acceptors (Lipinski definition) is 28. The molecule has 12 amide bonds. The topological polar surface area (TPSA) is 725 Å². The summed E-state index contributed by atoms with van der Waals surface area (Å²) in [5, 5.41) is 71.4. The van der Waals surface area contributed by atoms with E-state index in [2.05, 4.69) is 84.1 Å². The Balaban J connectivity index is 2.03. The van der Waals surface area contributed by atoms with Gasteiger partial charge in [-0.25, -0.2) is 9.42 Å². The molecule has 45 nitrogen and oxygen atoms in total. The monoisotopic (exact) mass is 1810 g/mol. The Morgan fingerprint density at radius 2 is 0.984 bits per heavy atom. The van der Waals surface area contributed by atoms with E-state index in [0.717, 1.165) is 11.8 Å². The minimum absolute atomic E-state index is 0.000679. The lowest BCUT2D eigenvalue weighted by molar-refractivity contribution is -0.383. The highest BCUT2D eigenvalue weighted by Gasteiger charge is 2.39. The van der Waals surface area contributed by atoms with Gasteiger partial charge in [0.05, 0.1) is 42.1 Å². The number of aliphatic hydroxyl groups excluding tert-OH is 1. The van der Waals surface area contributed by atoms with Crippen LogP contribution >= 0.6 is 11.8 Å². The number of non-ortho nitro benzene ring substituents is 1. The van der Waals surface area contributed by atoms with Crippen LogP contribution in [0.2, 0.25) is 0 Å². The second kappa shape index (κ2) is 57.9. The molecule has 3 aromatic rings. The second-order valence-electron chi connectivity index (χ2n) is 32.6. The van der Waals surface area contributed by atoms with Crippen molar-refractivity contribution >= 4 is 129 Å². The third-order valence-electron chi connectivity index (χ3n) is 20.1. The number of anilines is 1. The molecule has 1 heterocycles. The summed E-state index contributed by atoms with van der Waals surface area (Å²) >= 11 is 0.778. The minimum atomic E-state index is -1.91. The average molecular weight is 1810 g/mol. The summed E-state index contributed by atoms with van der Waals surface area (Å²) in [6.07, 6.45) is 2.36. The van der Waals surface area contributed by atoms with Crippen LogP contribution in [0.1, 0.15) is 165 Å². The van der Waals surface area contributed by atoms with E-state index in [1.807, 2.05) is 13.8 Å². The van der Waals surface area contributed by atoms with Crippen molar-refractivity contribution in [1.29, 1.82) is 0 Å². The van der Waals surface area contributed by atoms with Gasteiger partial charge in [-0.3, -0.25) is 82.4 Å². The van der Waals surface area contributed by atoms with Gasteiger partial charge in [0, 0.05) is 38.4 Å². The van der Waals surface area contributed by atoms with Gasteiger partial charge in [0.1, 0.15) is 73.1 Å². The number of thioether (sulfide) groups is 1. The molecule has 0 saturated carbocycles. The van der Waals surface area contributed by atoms with Gasteiger partial charge in [0.25, 0.3) is 0 Å². The lowest BCUT2D eigenvalue weighted by Crippen LogP contribution is -2.62. The summed E-state index contributed by atoms with van der Waals surface area (Å²) in [6, 6.07) is -6.13. The minimum Gasteiger partial charge on any atom is -0.480 e. The highest BCUT2D eigenvalue weighted by Crippen LogP contribution is 2.31. The van der Waals surface area contributed by atoms with Gasteiger partial charge in [-0.05, 0) is 142 Å². The summed E-state index contributed by atoms with van der Waals surface area (Å²) in [4.78, 5) is 218. The van der Waals surface area contributed by atoms with Crippen LogP contribution in [-0.2, 0) is 78.3 Å². The number of carboxylic acids is 1. The fourth-order valence-corrected chi connectivity index (χ4v) is 13.8. The van der Waals surface area contributed by atoms with E-state index in [9.17, 15) is 87.5 Å². The number of aliphatic imine (C=N–C) groups is 2. The number of aromatic nitrogens is 2. The lowest BCUT2D eigenvalue weighted by atomic mass is 9.96. The number of aliphatic hydroxyl groups is 1. The maximum Gasteiger partial charge on any atom is 0.326 e. The summed E-state index contributed by atoms with van der Waals surface area (Å²) in [6.45, 7) is 15.8. The van der Waals surface area contributed by atoms with Gasteiger partial charge in [-0.2, -0.15) is 0 Å². The molecular formula is C81H135N25O20S. The quantitative estimate of drug-likeness (QED) is 0.00675. The first kappa shape index (κ1) is 110. The number of rotatable bonds is 62. The molecule has 0 saturated heterocycles. The molecule has 13 atom stereocenters. The number of likely N-dealkylation sites (N-methyl/N-ethyl adjacent to an activating group) is 1. The van der Waals surface area contributed by atoms with E-state index in [4.69, 9.17) is 49.5 Å². The van der Waals surface area contributed by atoms with Crippen LogP contribution in [-0.4, -0.2) is 264 Å². The molecule has 0 bridgehead atoms. The van der Waals surface area contributed by atoms with Crippen LogP contribution in [0.25, 0.3) is 11.0 Å². The van der Waals surface area contributed by atoms with Crippen molar-refractivity contribution in [1.82, 2.24) is 74.1 Å². The first-order valence-electron chi connectivity index (χ1n) is 42.7. The summed E-state index contributed by atoms with van der Waals surface area (Å²) in [5.74, 6) is -16.3. The molecule has 127 heavy (non-hydrogen) atoms. The third kappa shape index (κ3) is 40.7. The number of nitrogens with zero attached hydrogens (tertiary/aromatic N) is 6. The van der Waals surface area contributed by atoms with E-state index in [0.29, 0.717) is 56.3 Å². The number of esters is 1. The maximum absolute atomic E-state index is 14.9. The molecule has 0 radical (unpaired) electrons. The Morgan fingerprint density at radius 3 is 1.49 bits per heavy atom. The zero-order valence-corrected chi connectivity index (χ0v) is 75.2. The number of carbonyl (C=O) groups is 14. The van der Waals surface area contributed by atoms with Gasteiger partial charge in [0.2, 0.25) is 76.4 Å². The Labute approximate surface area is 743 Å². The van der Waals surface area contributed by atoms with Crippen LogP contribution in [0, 0.1) is 39.7 Å². The average Bonchev–Trinajstić information content (AvgIpc) is 1.68. The SMILES string of the molecule is CC[C@H](C)[C@H](NC(=O)[C@H](CC(C)C)NC(=O)[C@@H](N)CCCCN)C(=O)NCC(=O)N[C@H](C(=O)N[C@@H](CC(C)C)C(=O)N[C@@H](CSCC(=O)OCCN(C)c1ccc([N+](=O)[O-])c2nonc12)C(=O)N[C@@H](CO)C(=O)N[C@@H](CC(C)C)C(=O)N[C@@H](Cc1ccccc1)C(=O)N[C@@H](CCCN=C(N)N)C(=O)N[C@@H](CCCN=C(N)N)C(=O)N[C@@H](CCCCN)C(=O)O)C(C)C. The smallest absolute Gasteiger partial charge is 0.326 e.